The smallest absolute Gasteiger partial charge is 0.0190 e. The van der Waals surface area contributed by atoms with Crippen molar-refractivity contribution >= 4 is 11.8 Å². The highest BCUT2D eigenvalue weighted by Gasteiger charge is 1.98. The highest BCUT2D eigenvalue weighted by Crippen LogP contribution is 2.20. The first-order chi connectivity index (χ1) is 8.79. The molecule has 0 aliphatic carbocycles. The Hall–Kier alpha value is -1.25. The molecule has 94 valence electrons. The molecule has 0 aliphatic heterocycles. The molecule has 0 radical (unpaired) electrons. The van der Waals surface area contributed by atoms with Crippen LogP contribution in [0, 0.1) is 6.92 Å². The van der Waals surface area contributed by atoms with Crippen LogP contribution in [0.2, 0.25) is 0 Å². The predicted octanol–water partition coefficient (Wildman–Crippen LogP) is 3.89. The fraction of sp³-hybridized carbons (Fsp3) is 0.250. The molecule has 0 saturated carbocycles. The molecular weight excluding hydrogens is 238 g/mol. The Kier molecular flexibility index (Phi) is 4.85. The summed E-state index contributed by atoms with van der Waals surface area (Å²) in [6.45, 7) is 2.79. The molecule has 0 unspecified atom stereocenters. The molecule has 0 amide bonds. The predicted molar refractivity (Wildman–Crippen MR) is 80.5 cm³/mol. The first-order valence-corrected chi connectivity index (χ1v) is 7.35. The fourth-order valence-corrected chi connectivity index (χ4v) is 2.90. The number of hydrogen-bond donors (Lipinski definition) is 1. The van der Waals surface area contributed by atoms with Gasteiger partial charge in [-0.25, -0.2) is 0 Å². The van der Waals surface area contributed by atoms with Gasteiger partial charge in [0.15, 0.2) is 0 Å². The molecule has 0 atom stereocenters. The zero-order valence-electron chi connectivity index (χ0n) is 10.7. The van der Waals surface area contributed by atoms with E-state index in [9.17, 15) is 0 Å². The van der Waals surface area contributed by atoms with E-state index in [0.717, 1.165) is 11.5 Å². The molecule has 0 fully saturated rings. The molecule has 2 aromatic rings. The van der Waals surface area contributed by atoms with E-state index in [1.165, 1.54) is 22.3 Å². The van der Waals surface area contributed by atoms with Crippen LogP contribution in [0.4, 0.5) is 0 Å². The largest absolute Gasteiger partial charge is 0.326 e. The summed E-state index contributed by atoms with van der Waals surface area (Å²) in [6, 6.07) is 17.2. The minimum absolute atomic E-state index is 0.622. The first kappa shape index (κ1) is 13.2. The summed E-state index contributed by atoms with van der Waals surface area (Å²) in [6.07, 6.45) is 0. The standard InChI is InChI=1S/C16H19NS/c1-13-4-2-3-5-16(13)12-18-11-15-8-6-14(10-17)7-9-15/h2-9H,10-12,17H2,1H3. The average Bonchev–Trinajstić information content (AvgIpc) is 2.42. The summed E-state index contributed by atoms with van der Waals surface area (Å²) in [4.78, 5) is 0. The molecule has 1 nitrogen and oxygen atoms in total. The molecule has 0 saturated heterocycles. The molecule has 0 aromatic heterocycles. The normalized spacial score (nSPS) is 10.6. The number of hydrogen-bond acceptors (Lipinski definition) is 2. The number of benzene rings is 2. The lowest BCUT2D eigenvalue weighted by molar-refractivity contribution is 1.07. The van der Waals surface area contributed by atoms with Crippen LogP contribution in [0.3, 0.4) is 0 Å². The van der Waals surface area contributed by atoms with Gasteiger partial charge in [-0.3, -0.25) is 0 Å². The number of thioether (sulfide) groups is 1. The molecule has 2 N–H and O–H groups in total. The maximum absolute atomic E-state index is 5.59. The van der Waals surface area contributed by atoms with Crippen molar-refractivity contribution in [1.29, 1.82) is 0 Å². The van der Waals surface area contributed by atoms with Crippen molar-refractivity contribution in [3.05, 3.63) is 70.8 Å². The van der Waals surface area contributed by atoms with Crippen LogP contribution in [0.5, 0.6) is 0 Å². The average molecular weight is 257 g/mol. The van der Waals surface area contributed by atoms with E-state index in [1.54, 1.807) is 0 Å². The second-order valence-corrected chi connectivity index (χ2v) is 5.43. The number of nitrogens with two attached hydrogens (primary N) is 1. The van der Waals surface area contributed by atoms with Crippen molar-refractivity contribution in [3.8, 4) is 0 Å². The van der Waals surface area contributed by atoms with E-state index in [1.807, 2.05) is 11.8 Å². The lowest BCUT2D eigenvalue weighted by Crippen LogP contribution is -1.95. The lowest BCUT2D eigenvalue weighted by Gasteiger charge is -2.06. The van der Waals surface area contributed by atoms with Crippen molar-refractivity contribution in [2.24, 2.45) is 5.73 Å². The van der Waals surface area contributed by atoms with Crippen LogP contribution in [-0.4, -0.2) is 0 Å². The zero-order chi connectivity index (χ0) is 12.8. The SMILES string of the molecule is Cc1ccccc1CSCc1ccc(CN)cc1. The van der Waals surface area contributed by atoms with Crippen LogP contribution < -0.4 is 5.73 Å². The Morgan fingerprint density at radius 1 is 0.889 bits per heavy atom. The van der Waals surface area contributed by atoms with E-state index < -0.39 is 0 Å². The monoisotopic (exact) mass is 257 g/mol. The summed E-state index contributed by atoms with van der Waals surface area (Å²) >= 11 is 1.96. The molecule has 2 rings (SSSR count). The van der Waals surface area contributed by atoms with Gasteiger partial charge in [0.2, 0.25) is 0 Å². The molecule has 0 aliphatic rings. The van der Waals surface area contributed by atoms with Gasteiger partial charge in [-0.05, 0) is 29.2 Å². The highest BCUT2D eigenvalue weighted by atomic mass is 32.2. The lowest BCUT2D eigenvalue weighted by atomic mass is 10.1. The third-order valence-electron chi connectivity index (χ3n) is 3.05. The highest BCUT2D eigenvalue weighted by molar-refractivity contribution is 7.97. The maximum Gasteiger partial charge on any atom is 0.0190 e. The summed E-state index contributed by atoms with van der Waals surface area (Å²) in [5.41, 5.74) is 11.0. The van der Waals surface area contributed by atoms with Crippen molar-refractivity contribution < 1.29 is 0 Å². The molecule has 2 aromatic carbocycles. The Morgan fingerprint density at radius 2 is 1.56 bits per heavy atom. The summed E-state index contributed by atoms with van der Waals surface area (Å²) in [5.74, 6) is 2.13. The van der Waals surface area contributed by atoms with E-state index in [-0.39, 0.29) is 0 Å². The topological polar surface area (TPSA) is 26.0 Å². The molecule has 0 bridgehead atoms. The Bertz CT molecular complexity index is 491. The Labute approximate surface area is 113 Å². The first-order valence-electron chi connectivity index (χ1n) is 6.19. The third kappa shape index (κ3) is 3.62. The van der Waals surface area contributed by atoms with Gasteiger partial charge in [0.1, 0.15) is 0 Å². The van der Waals surface area contributed by atoms with Gasteiger partial charge in [0, 0.05) is 18.1 Å². The maximum atomic E-state index is 5.59. The fourth-order valence-electron chi connectivity index (χ4n) is 1.82. The molecule has 0 heterocycles. The van der Waals surface area contributed by atoms with Gasteiger partial charge in [0.25, 0.3) is 0 Å². The van der Waals surface area contributed by atoms with Crippen LogP contribution in [-0.2, 0) is 18.1 Å². The van der Waals surface area contributed by atoms with Gasteiger partial charge in [-0.15, -0.1) is 0 Å². The van der Waals surface area contributed by atoms with Gasteiger partial charge in [-0.1, -0.05) is 48.5 Å². The Morgan fingerprint density at radius 3 is 2.22 bits per heavy atom. The van der Waals surface area contributed by atoms with Crippen molar-refractivity contribution in [2.45, 2.75) is 25.0 Å². The molecule has 18 heavy (non-hydrogen) atoms. The third-order valence-corrected chi connectivity index (χ3v) is 4.10. The van der Waals surface area contributed by atoms with Crippen LogP contribution >= 0.6 is 11.8 Å². The van der Waals surface area contributed by atoms with E-state index in [0.29, 0.717) is 6.54 Å². The van der Waals surface area contributed by atoms with Crippen molar-refractivity contribution in [1.82, 2.24) is 0 Å². The minimum atomic E-state index is 0.622. The summed E-state index contributed by atoms with van der Waals surface area (Å²) < 4.78 is 0. The summed E-state index contributed by atoms with van der Waals surface area (Å²) in [5, 5.41) is 0. The van der Waals surface area contributed by atoms with Gasteiger partial charge in [0.05, 0.1) is 0 Å². The second-order valence-electron chi connectivity index (χ2n) is 4.44. The number of aryl methyl sites for hydroxylation is 1. The van der Waals surface area contributed by atoms with Crippen molar-refractivity contribution in [3.63, 3.8) is 0 Å². The molecule has 0 spiro atoms. The molecular formula is C16H19NS. The van der Waals surface area contributed by atoms with E-state index >= 15 is 0 Å². The van der Waals surface area contributed by atoms with E-state index in [2.05, 4.69) is 55.5 Å². The van der Waals surface area contributed by atoms with Crippen LogP contribution in [0.15, 0.2) is 48.5 Å². The molecule has 2 heteroatoms. The van der Waals surface area contributed by atoms with Gasteiger partial charge < -0.3 is 5.73 Å². The van der Waals surface area contributed by atoms with Crippen molar-refractivity contribution in [2.75, 3.05) is 0 Å². The minimum Gasteiger partial charge on any atom is -0.326 e. The quantitative estimate of drug-likeness (QED) is 0.879. The van der Waals surface area contributed by atoms with Gasteiger partial charge >= 0.3 is 0 Å². The van der Waals surface area contributed by atoms with Gasteiger partial charge in [-0.2, -0.15) is 11.8 Å². The van der Waals surface area contributed by atoms with E-state index in [4.69, 9.17) is 5.73 Å². The van der Waals surface area contributed by atoms with Crippen LogP contribution in [0.25, 0.3) is 0 Å². The Balaban J connectivity index is 1.86. The zero-order valence-corrected chi connectivity index (χ0v) is 11.5. The van der Waals surface area contributed by atoms with Crippen LogP contribution in [0.1, 0.15) is 22.3 Å². The number of rotatable bonds is 5. The summed E-state index contributed by atoms with van der Waals surface area (Å²) in [7, 11) is 0. The second kappa shape index (κ2) is 6.62.